The Kier molecular flexibility index (Phi) is 5.61. The molecule has 0 aliphatic heterocycles. The molecular weight excluding hydrogens is 265 g/mol. The van der Waals surface area contributed by atoms with Crippen LogP contribution in [0.15, 0.2) is 17.1 Å². The number of pyridine rings is 1. The molecule has 0 aromatic carbocycles. The van der Waals surface area contributed by atoms with Crippen LogP contribution in [-0.4, -0.2) is 23.4 Å². The van der Waals surface area contributed by atoms with Gasteiger partial charge < -0.3 is 9.53 Å². The zero-order valence-corrected chi connectivity index (χ0v) is 11.8. The van der Waals surface area contributed by atoms with Gasteiger partial charge in [-0.1, -0.05) is 13.8 Å². The summed E-state index contributed by atoms with van der Waals surface area (Å²) in [5.41, 5.74) is -0.557. The lowest BCUT2D eigenvalue weighted by atomic mass is 10.0. The fraction of sp³-hybridized carbons (Fsp3) is 0.500. The fourth-order valence-corrected chi connectivity index (χ4v) is 1.97. The normalized spacial score (nSPS) is 12.2. The lowest BCUT2D eigenvalue weighted by molar-refractivity contribution is -0.148. The van der Waals surface area contributed by atoms with E-state index in [-0.39, 0.29) is 18.9 Å². The summed E-state index contributed by atoms with van der Waals surface area (Å²) in [7, 11) is 0. The van der Waals surface area contributed by atoms with Gasteiger partial charge in [-0.15, -0.1) is 0 Å². The van der Waals surface area contributed by atoms with Crippen LogP contribution in [0.2, 0.25) is 0 Å². The Bertz CT molecular complexity index is 551. The fourth-order valence-electron chi connectivity index (χ4n) is 1.97. The van der Waals surface area contributed by atoms with E-state index < -0.39 is 23.4 Å². The number of hydrogen-bond donors (Lipinski definition) is 0. The Morgan fingerprint density at radius 3 is 2.65 bits per heavy atom. The van der Waals surface area contributed by atoms with Crippen LogP contribution >= 0.6 is 0 Å². The van der Waals surface area contributed by atoms with Gasteiger partial charge >= 0.3 is 5.97 Å². The molecule has 0 radical (unpaired) electrons. The third kappa shape index (κ3) is 3.53. The van der Waals surface area contributed by atoms with Gasteiger partial charge in [0.1, 0.15) is 12.3 Å². The van der Waals surface area contributed by atoms with Crippen molar-refractivity contribution < 1.29 is 18.7 Å². The Morgan fingerprint density at radius 1 is 1.50 bits per heavy atom. The predicted molar refractivity (Wildman–Crippen MR) is 70.9 cm³/mol. The maximum atomic E-state index is 13.6. The van der Waals surface area contributed by atoms with Crippen molar-refractivity contribution in [3.05, 3.63) is 34.0 Å². The van der Waals surface area contributed by atoms with E-state index in [4.69, 9.17) is 4.74 Å². The number of nitrogens with zero attached hydrogens (tertiary/aromatic N) is 1. The largest absolute Gasteiger partial charge is 0.464 e. The molecule has 110 valence electrons. The van der Waals surface area contributed by atoms with E-state index in [1.54, 1.807) is 20.8 Å². The minimum absolute atomic E-state index is 0.0230. The van der Waals surface area contributed by atoms with Gasteiger partial charge in [0.05, 0.1) is 6.61 Å². The number of rotatable bonds is 6. The number of aromatic nitrogens is 1. The number of carbonyl (C=O) groups is 2. The molecule has 5 nitrogen and oxygen atoms in total. The van der Waals surface area contributed by atoms with Gasteiger partial charge in [-0.2, -0.15) is 0 Å². The highest BCUT2D eigenvalue weighted by atomic mass is 19.1. The molecule has 6 heteroatoms. The number of aldehydes is 1. The summed E-state index contributed by atoms with van der Waals surface area (Å²) in [5.74, 6) is -1.83. The van der Waals surface area contributed by atoms with Crippen molar-refractivity contribution >= 4 is 12.3 Å². The second kappa shape index (κ2) is 6.98. The first-order valence-electron chi connectivity index (χ1n) is 6.43. The van der Waals surface area contributed by atoms with E-state index in [2.05, 4.69) is 0 Å². The van der Waals surface area contributed by atoms with E-state index in [1.165, 1.54) is 6.20 Å². The van der Waals surface area contributed by atoms with Crippen molar-refractivity contribution in [3.8, 4) is 0 Å². The summed E-state index contributed by atoms with van der Waals surface area (Å²) in [6.07, 6.45) is 1.92. The minimum Gasteiger partial charge on any atom is -0.464 e. The SMILES string of the molecule is CCOC(=O)C(C(C)C)n1cc(CC=O)cc(F)c1=O. The molecule has 1 unspecified atom stereocenters. The zero-order chi connectivity index (χ0) is 15.3. The molecule has 0 aliphatic rings. The van der Waals surface area contributed by atoms with E-state index in [0.717, 1.165) is 10.6 Å². The van der Waals surface area contributed by atoms with Crippen LogP contribution in [0.3, 0.4) is 0 Å². The average Bonchev–Trinajstić information content (AvgIpc) is 2.35. The van der Waals surface area contributed by atoms with Crippen LogP contribution in [0.25, 0.3) is 0 Å². The average molecular weight is 283 g/mol. The maximum Gasteiger partial charge on any atom is 0.329 e. The lowest BCUT2D eigenvalue weighted by Crippen LogP contribution is -2.35. The van der Waals surface area contributed by atoms with Crippen LogP contribution in [-0.2, 0) is 20.7 Å². The van der Waals surface area contributed by atoms with Crippen LogP contribution in [0, 0.1) is 11.7 Å². The maximum absolute atomic E-state index is 13.6. The topological polar surface area (TPSA) is 65.4 Å². The number of hydrogen-bond acceptors (Lipinski definition) is 4. The minimum atomic E-state index is -0.987. The van der Waals surface area contributed by atoms with Crippen molar-refractivity contribution in [1.29, 1.82) is 0 Å². The van der Waals surface area contributed by atoms with Crippen molar-refractivity contribution in [2.24, 2.45) is 5.92 Å². The molecule has 0 spiro atoms. The molecule has 0 bridgehead atoms. The summed E-state index contributed by atoms with van der Waals surface area (Å²) < 4.78 is 19.6. The van der Waals surface area contributed by atoms with Crippen LogP contribution < -0.4 is 5.56 Å². The highest BCUT2D eigenvalue weighted by Gasteiger charge is 2.27. The number of halogens is 1. The van der Waals surface area contributed by atoms with Crippen molar-refractivity contribution in [2.45, 2.75) is 33.2 Å². The summed E-state index contributed by atoms with van der Waals surface area (Å²) in [5, 5.41) is 0. The first kappa shape index (κ1) is 16.1. The Labute approximate surface area is 116 Å². The molecule has 0 fully saturated rings. The van der Waals surface area contributed by atoms with Gasteiger partial charge in [0, 0.05) is 12.6 Å². The number of carbonyl (C=O) groups excluding carboxylic acids is 2. The Morgan fingerprint density at radius 2 is 2.15 bits per heavy atom. The molecule has 0 saturated heterocycles. The summed E-state index contributed by atoms with van der Waals surface area (Å²) in [4.78, 5) is 34.3. The standard InChI is InChI=1S/C14H18FNO4/c1-4-20-14(19)12(9(2)3)16-8-10(5-6-17)7-11(15)13(16)18/h6-9,12H,4-5H2,1-3H3. The van der Waals surface area contributed by atoms with Crippen LogP contribution in [0.5, 0.6) is 0 Å². The second-order valence-electron chi connectivity index (χ2n) is 4.72. The van der Waals surface area contributed by atoms with E-state index >= 15 is 0 Å². The number of esters is 1. The number of ether oxygens (including phenoxy) is 1. The quantitative estimate of drug-likeness (QED) is 0.586. The molecule has 1 rings (SSSR count). The van der Waals surface area contributed by atoms with E-state index in [9.17, 15) is 18.8 Å². The molecule has 20 heavy (non-hydrogen) atoms. The van der Waals surface area contributed by atoms with Gasteiger partial charge in [0.2, 0.25) is 0 Å². The Balaban J connectivity index is 3.35. The van der Waals surface area contributed by atoms with E-state index in [0.29, 0.717) is 11.8 Å². The summed E-state index contributed by atoms with van der Waals surface area (Å²) >= 11 is 0. The van der Waals surface area contributed by atoms with Gasteiger partial charge in [-0.25, -0.2) is 9.18 Å². The highest BCUT2D eigenvalue weighted by molar-refractivity contribution is 5.74. The third-order valence-corrected chi connectivity index (χ3v) is 2.83. The molecule has 1 aromatic heterocycles. The lowest BCUT2D eigenvalue weighted by Gasteiger charge is -2.22. The van der Waals surface area contributed by atoms with E-state index in [1.807, 2.05) is 0 Å². The first-order valence-corrected chi connectivity index (χ1v) is 6.43. The van der Waals surface area contributed by atoms with Crippen LogP contribution in [0.4, 0.5) is 4.39 Å². The molecule has 0 saturated carbocycles. The van der Waals surface area contributed by atoms with Gasteiger partial charge in [0.25, 0.3) is 5.56 Å². The molecular formula is C14H18FNO4. The summed E-state index contributed by atoms with van der Waals surface area (Å²) in [6.45, 7) is 5.30. The molecule has 1 heterocycles. The molecule has 0 amide bonds. The highest BCUT2D eigenvalue weighted by Crippen LogP contribution is 2.19. The Hall–Kier alpha value is -1.98. The molecule has 0 N–H and O–H groups in total. The van der Waals surface area contributed by atoms with Gasteiger partial charge in [-0.05, 0) is 24.5 Å². The zero-order valence-electron chi connectivity index (χ0n) is 11.8. The predicted octanol–water partition coefficient (Wildman–Crippen LogP) is 1.49. The monoisotopic (exact) mass is 283 g/mol. The molecule has 1 atom stereocenters. The summed E-state index contributed by atoms with van der Waals surface area (Å²) in [6, 6.07) is 0.0963. The van der Waals surface area contributed by atoms with Gasteiger partial charge in [0.15, 0.2) is 5.82 Å². The smallest absolute Gasteiger partial charge is 0.329 e. The molecule has 0 aliphatic carbocycles. The van der Waals surface area contributed by atoms with Crippen molar-refractivity contribution in [2.75, 3.05) is 6.61 Å². The van der Waals surface area contributed by atoms with Crippen molar-refractivity contribution in [3.63, 3.8) is 0 Å². The second-order valence-corrected chi connectivity index (χ2v) is 4.72. The van der Waals surface area contributed by atoms with Crippen LogP contribution in [0.1, 0.15) is 32.4 Å². The van der Waals surface area contributed by atoms with Gasteiger partial charge in [-0.3, -0.25) is 9.36 Å². The first-order chi connectivity index (χ1) is 9.42. The van der Waals surface area contributed by atoms with Crippen molar-refractivity contribution in [1.82, 2.24) is 4.57 Å². The molecule has 1 aromatic rings. The third-order valence-electron chi connectivity index (χ3n) is 2.83.